The van der Waals surface area contributed by atoms with Crippen LogP contribution in [0.1, 0.15) is 16.2 Å². The first kappa shape index (κ1) is 11.3. The first-order valence-electron chi connectivity index (χ1n) is 5.18. The quantitative estimate of drug-likeness (QED) is 0.736. The normalized spacial score (nSPS) is 10.3. The second kappa shape index (κ2) is 4.37. The van der Waals surface area contributed by atoms with Crippen molar-refractivity contribution in [2.45, 2.75) is 6.92 Å². The Morgan fingerprint density at radius 2 is 2.12 bits per heavy atom. The van der Waals surface area contributed by atoms with Crippen LogP contribution in [-0.4, -0.2) is 27.8 Å². The van der Waals surface area contributed by atoms with Crippen molar-refractivity contribution in [2.75, 3.05) is 7.11 Å². The van der Waals surface area contributed by atoms with E-state index in [-0.39, 0.29) is 0 Å². The highest BCUT2D eigenvalue weighted by Crippen LogP contribution is 2.21. The summed E-state index contributed by atoms with van der Waals surface area (Å²) in [5.41, 5.74) is 3.01. The van der Waals surface area contributed by atoms with Gasteiger partial charge >= 0.3 is 5.97 Å². The highest BCUT2D eigenvalue weighted by atomic mass is 16.5. The molecule has 17 heavy (non-hydrogen) atoms. The standard InChI is InChI=1S/C12H13N3O2/c1-8-9(11-6-7-13-15(11)2)4-5-10(14-8)12(16)17-3/h4-7H,1-3H3. The van der Waals surface area contributed by atoms with Crippen LogP contribution >= 0.6 is 0 Å². The number of aromatic nitrogens is 3. The number of esters is 1. The number of hydrogen-bond acceptors (Lipinski definition) is 4. The molecule has 2 heterocycles. The smallest absolute Gasteiger partial charge is 0.356 e. The molecule has 0 aliphatic heterocycles. The van der Waals surface area contributed by atoms with Crippen LogP contribution in [0, 0.1) is 6.92 Å². The maximum Gasteiger partial charge on any atom is 0.356 e. The van der Waals surface area contributed by atoms with Crippen molar-refractivity contribution < 1.29 is 9.53 Å². The lowest BCUT2D eigenvalue weighted by Crippen LogP contribution is -2.06. The van der Waals surface area contributed by atoms with Gasteiger partial charge in [-0.25, -0.2) is 9.78 Å². The number of pyridine rings is 1. The first-order valence-corrected chi connectivity index (χ1v) is 5.18. The summed E-state index contributed by atoms with van der Waals surface area (Å²) < 4.78 is 6.39. The van der Waals surface area contributed by atoms with Gasteiger partial charge in [-0.15, -0.1) is 0 Å². The van der Waals surface area contributed by atoms with Crippen LogP contribution in [0.15, 0.2) is 24.4 Å². The van der Waals surface area contributed by atoms with E-state index in [0.29, 0.717) is 5.69 Å². The van der Waals surface area contributed by atoms with E-state index in [4.69, 9.17) is 0 Å². The van der Waals surface area contributed by atoms with Gasteiger partial charge in [0.25, 0.3) is 0 Å². The van der Waals surface area contributed by atoms with Crippen molar-refractivity contribution in [2.24, 2.45) is 7.05 Å². The third-order valence-corrected chi connectivity index (χ3v) is 2.58. The topological polar surface area (TPSA) is 57.0 Å². The summed E-state index contributed by atoms with van der Waals surface area (Å²) >= 11 is 0. The van der Waals surface area contributed by atoms with Crippen LogP contribution in [-0.2, 0) is 11.8 Å². The molecular formula is C12H13N3O2. The van der Waals surface area contributed by atoms with Crippen molar-refractivity contribution in [1.82, 2.24) is 14.8 Å². The van der Waals surface area contributed by atoms with Gasteiger partial charge < -0.3 is 4.74 Å². The van der Waals surface area contributed by atoms with Crippen molar-refractivity contribution >= 4 is 5.97 Å². The molecule has 2 aromatic rings. The van der Waals surface area contributed by atoms with E-state index in [2.05, 4.69) is 14.8 Å². The van der Waals surface area contributed by atoms with E-state index in [1.807, 2.05) is 26.1 Å². The molecule has 2 rings (SSSR count). The summed E-state index contributed by atoms with van der Waals surface area (Å²) in [6.45, 7) is 1.86. The second-order valence-electron chi connectivity index (χ2n) is 3.66. The van der Waals surface area contributed by atoms with Crippen LogP contribution in [0.4, 0.5) is 0 Å². The molecule has 0 N–H and O–H groups in total. The fourth-order valence-corrected chi connectivity index (χ4v) is 1.69. The lowest BCUT2D eigenvalue weighted by molar-refractivity contribution is 0.0594. The minimum Gasteiger partial charge on any atom is -0.464 e. The Morgan fingerprint density at radius 1 is 1.35 bits per heavy atom. The third kappa shape index (κ3) is 2.04. The molecule has 2 aromatic heterocycles. The molecule has 0 fully saturated rings. The summed E-state index contributed by atoms with van der Waals surface area (Å²) in [5, 5.41) is 4.11. The minimum absolute atomic E-state index is 0.316. The molecule has 0 atom stereocenters. The molecular weight excluding hydrogens is 218 g/mol. The molecule has 0 aliphatic rings. The zero-order valence-corrected chi connectivity index (χ0v) is 9.97. The molecule has 0 spiro atoms. The van der Waals surface area contributed by atoms with Gasteiger partial charge in [-0.2, -0.15) is 5.10 Å². The Bertz CT molecular complexity index is 561. The van der Waals surface area contributed by atoms with Gasteiger partial charge in [-0.3, -0.25) is 4.68 Å². The molecule has 0 saturated heterocycles. The fraction of sp³-hybridized carbons (Fsp3) is 0.250. The fourth-order valence-electron chi connectivity index (χ4n) is 1.69. The van der Waals surface area contributed by atoms with E-state index in [9.17, 15) is 4.79 Å². The SMILES string of the molecule is COC(=O)c1ccc(-c2ccnn2C)c(C)n1. The molecule has 0 aromatic carbocycles. The summed E-state index contributed by atoms with van der Waals surface area (Å²) in [6, 6.07) is 5.41. The largest absolute Gasteiger partial charge is 0.464 e. The number of carbonyl (C=O) groups is 1. The molecule has 0 unspecified atom stereocenters. The molecule has 0 radical (unpaired) electrons. The highest BCUT2D eigenvalue weighted by molar-refractivity contribution is 5.87. The van der Waals surface area contributed by atoms with Gasteiger partial charge in [-0.1, -0.05) is 0 Å². The van der Waals surface area contributed by atoms with Crippen LogP contribution in [0.5, 0.6) is 0 Å². The average Bonchev–Trinajstić information content (AvgIpc) is 2.74. The van der Waals surface area contributed by atoms with Crippen molar-refractivity contribution in [1.29, 1.82) is 0 Å². The van der Waals surface area contributed by atoms with E-state index >= 15 is 0 Å². The van der Waals surface area contributed by atoms with Gasteiger partial charge in [0.05, 0.1) is 12.8 Å². The Balaban J connectivity index is 2.46. The van der Waals surface area contributed by atoms with Crippen molar-refractivity contribution in [3.05, 3.63) is 35.8 Å². The predicted molar refractivity (Wildman–Crippen MR) is 62.5 cm³/mol. The Morgan fingerprint density at radius 3 is 2.65 bits per heavy atom. The summed E-state index contributed by atoms with van der Waals surface area (Å²) in [6.07, 6.45) is 1.73. The van der Waals surface area contributed by atoms with Crippen LogP contribution in [0.2, 0.25) is 0 Å². The monoisotopic (exact) mass is 231 g/mol. The Hall–Kier alpha value is -2.17. The zero-order chi connectivity index (χ0) is 12.4. The Labute approximate surface area is 99.1 Å². The number of methoxy groups -OCH3 is 1. The second-order valence-corrected chi connectivity index (χ2v) is 3.66. The van der Waals surface area contributed by atoms with E-state index < -0.39 is 5.97 Å². The van der Waals surface area contributed by atoms with Gasteiger partial charge in [0.1, 0.15) is 5.69 Å². The highest BCUT2D eigenvalue weighted by Gasteiger charge is 2.11. The van der Waals surface area contributed by atoms with E-state index in [0.717, 1.165) is 17.0 Å². The summed E-state index contributed by atoms with van der Waals surface area (Å²) in [5.74, 6) is -0.426. The molecule has 0 bridgehead atoms. The van der Waals surface area contributed by atoms with Gasteiger partial charge in [0.15, 0.2) is 0 Å². The summed E-state index contributed by atoms with van der Waals surface area (Å²) in [4.78, 5) is 15.6. The number of rotatable bonds is 2. The number of hydrogen-bond donors (Lipinski definition) is 0. The number of ether oxygens (including phenoxy) is 1. The van der Waals surface area contributed by atoms with Crippen LogP contribution in [0.3, 0.4) is 0 Å². The molecule has 5 heteroatoms. The maximum absolute atomic E-state index is 11.3. The molecule has 0 aliphatic carbocycles. The van der Waals surface area contributed by atoms with E-state index in [1.165, 1.54) is 7.11 Å². The molecule has 0 amide bonds. The zero-order valence-electron chi connectivity index (χ0n) is 9.97. The lowest BCUT2D eigenvalue weighted by Gasteiger charge is -2.07. The number of nitrogens with zero attached hydrogens (tertiary/aromatic N) is 3. The van der Waals surface area contributed by atoms with Crippen LogP contribution < -0.4 is 0 Å². The maximum atomic E-state index is 11.3. The average molecular weight is 231 g/mol. The van der Waals surface area contributed by atoms with Crippen LogP contribution in [0.25, 0.3) is 11.3 Å². The third-order valence-electron chi connectivity index (χ3n) is 2.58. The van der Waals surface area contributed by atoms with Crippen molar-refractivity contribution in [3.63, 3.8) is 0 Å². The molecule has 5 nitrogen and oxygen atoms in total. The first-order chi connectivity index (χ1) is 8.13. The molecule has 88 valence electrons. The van der Waals surface area contributed by atoms with Gasteiger partial charge in [-0.05, 0) is 25.1 Å². The molecule has 0 saturated carbocycles. The Kier molecular flexibility index (Phi) is 2.91. The number of aryl methyl sites for hydroxylation is 2. The van der Waals surface area contributed by atoms with Gasteiger partial charge in [0, 0.05) is 24.5 Å². The van der Waals surface area contributed by atoms with Gasteiger partial charge in [0.2, 0.25) is 0 Å². The van der Waals surface area contributed by atoms with Crippen molar-refractivity contribution in [3.8, 4) is 11.3 Å². The minimum atomic E-state index is -0.426. The predicted octanol–water partition coefficient (Wildman–Crippen LogP) is 1.58. The number of carbonyl (C=O) groups excluding carboxylic acids is 1. The lowest BCUT2D eigenvalue weighted by atomic mass is 10.1. The summed E-state index contributed by atoms with van der Waals surface area (Å²) in [7, 11) is 3.21. The van der Waals surface area contributed by atoms with E-state index in [1.54, 1.807) is 16.9 Å².